The minimum atomic E-state index is -0.240. The summed E-state index contributed by atoms with van der Waals surface area (Å²) < 4.78 is 1.77. The molecule has 4 aliphatic carbocycles. The average Bonchev–Trinajstić information content (AvgIpc) is 3.32. The summed E-state index contributed by atoms with van der Waals surface area (Å²) in [5, 5.41) is 7.89. The topological polar surface area (TPSA) is 67.2 Å². The Morgan fingerprint density at radius 3 is 2.14 bits per heavy atom. The van der Waals surface area contributed by atoms with Crippen LogP contribution in [0.5, 0.6) is 0 Å². The van der Waals surface area contributed by atoms with Crippen LogP contribution < -0.4 is 5.32 Å². The van der Waals surface area contributed by atoms with Gasteiger partial charge in [0.2, 0.25) is 11.8 Å². The number of rotatable bonds is 8. The van der Waals surface area contributed by atoms with E-state index in [0.717, 1.165) is 42.6 Å². The Morgan fingerprint density at radius 1 is 0.946 bits per heavy atom. The van der Waals surface area contributed by atoms with E-state index < -0.39 is 0 Å². The van der Waals surface area contributed by atoms with Crippen molar-refractivity contribution in [1.29, 1.82) is 0 Å². The molecule has 3 aromatic rings. The SMILES string of the molecule is CCCN(CC(=O)Nc1cc(-c2ccccc2)nn1-c1ccccc1)C(=O)C12CC3CC(CC(C3)C1)C2. The molecule has 0 saturated heterocycles. The third-order valence-electron chi connectivity index (χ3n) is 8.65. The van der Waals surface area contributed by atoms with E-state index in [0.29, 0.717) is 30.1 Å². The highest BCUT2D eigenvalue weighted by Gasteiger charge is 2.55. The van der Waals surface area contributed by atoms with Crippen molar-refractivity contribution in [3.63, 3.8) is 0 Å². The third-order valence-corrected chi connectivity index (χ3v) is 8.65. The summed E-state index contributed by atoms with van der Waals surface area (Å²) in [6, 6.07) is 21.7. The number of carbonyl (C=O) groups excluding carboxylic acids is 2. The molecule has 1 N–H and O–H groups in total. The molecule has 7 rings (SSSR count). The molecular weight excluding hydrogens is 460 g/mol. The highest BCUT2D eigenvalue weighted by Crippen LogP contribution is 2.60. The zero-order valence-corrected chi connectivity index (χ0v) is 21.6. The number of aromatic nitrogens is 2. The first-order valence-corrected chi connectivity index (χ1v) is 13.8. The second-order valence-electron chi connectivity index (χ2n) is 11.5. The summed E-state index contributed by atoms with van der Waals surface area (Å²) >= 11 is 0. The Morgan fingerprint density at radius 2 is 1.54 bits per heavy atom. The fourth-order valence-corrected chi connectivity index (χ4v) is 7.57. The summed E-state index contributed by atoms with van der Waals surface area (Å²) in [6.07, 6.45) is 7.78. The fraction of sp³-hybridized carbons (Fsp3) is 0.452. The lowest BCUT2D eigenvalue weighted by atomic mass is 9.49. The molecule has 1 heterocycles. The number of nitrogens with zero attached hydrogens (tertiary/aromatic N) is 3. The lowest BCUT2D eigenvalue weighted by Gasteiger charge is -2.56. The van der Waals surface area contributed by atoms with Gasteiger partial charge in [0.1, 0.15) is 5.82 Å². The van der Waals surface area contributed by atoms with E-state index in [-0.39, 0.29) is 23.8 Å². The minimum Gasteiger partial charge on any atom is -0.333 e. The maximum absolute atomic E-state index is 14.0. The predicted octanol–water partition coefficient (Wildman–Crippen LogP) is 5.93. The van der Waals surface area contributed by atoms with Gasteiger partial charge in [-0.2, -0.15) is 5.10 Å². The second-order valence-corrected chi connectivity index (χ2v) is 11.5. The first-order chi connectivity index (χ1) is 18.0. The maximum Gasteiger partial charge on any atom is 0.245 e. The van der Waals surface area contributed by atoms with Crippen molar-refractivity contribution in [2.75, 3.05) is 18.4 Å². The summed E-state index contributed by atoms with van der Waals surface area (Å²) in [5.41, 5.74) is 2.40. The van der Waals surface area contributed by atoms with Crippen LogP contribution in [0.15, 0.2) is 66.7 Å². The highest BCUT2D eigenvalue weighted by atomic mass is 16.2. The van der Waals surface area contributed by atoms with Crippen LogP contribution in [0.4, 0.5) is 5.82 Å². The van der Waals surface area contributed by atoms with Crippen molar-refractivity contribution in [3.05, 3.63) is 66.7 Å². The van der Waals surface area contributed by atoms with Crippen LogP contribution in [0.2, 0.25) is 0 Å². The van der Waals surface area contributed by atoms with E-state index in [4.69, 9.17) is 5.10 Å². The number of nitrogens with one attached hydrogen (secondary N) is 1. The zero-order valence-electron chi connectivity index (χ0n) is 21.6. The largest absolute Gasteiger partial charge is 0.333 e. The molecule has 4 aliphatic rings. The molecule has 2 aromatic carbocycles. The Balaban J connectivity index is 1.23. The van der Waals surface area contributed by atoms with E-state index in [1.54, 1.807) is 4.68 Å². The lowest BCUT2D eigenvalue weighted by Crippen LogP contribution is -2.55. The van der Waals surface area contributed by atoms with Crippen molar-refractivity contribution in [2.24, 2.45) is 23.2 Å². The van der Waals surface area contributed by atoms with Crippen LogP contribution in [0.3, 0.4) is 0 Å². The molecule has 2 amide bonds. The van der Waals surface area contributed by atoms with Crippen LogP contribution in [-0.4, -0.2) is 39.6 Å². The standard InChI is InChI=1S/C31H36N4O2/c1-2-13-34(30(37)31-18-22-14-23(19-31)16-24(15-22)20-31)21-29(36)32-28-17-27(25-9-5-3-6-10-25)33-35(28)26-11-7-4-8-12-26/h3-12,17,22-24H,2,13-16,18-21H2,1H3,(H,32,36). The smallest absolute Gasteiger partial charge is 0.245 e. The molecule has 4 fully saturated rings. The van der Waals surface area contributed by atoms with E-state index in [1.807, 2.05) is 71.6 Å². The Labute approximate surface area is 219 Å². The molecule has 4 saturated carbocycles. The monoisotopic (exact) mass is 496 g/mol. The molecular formula is C31H36N4O2. The molecule has 192 valence electrons. The molecule has 0 radical (unpaired) electrons. The third kappa shape index (κ3) is 4.70. The zero-order chi connectivity index (χ0) is 25.4. The van der Waals surface area contributed by atoms with Crippen LogP contribution in [-0.2, 0) is 9.59 Å². The van der Waals surface area contributed by atoms with Gasteiger partial charge in [-0.3, -0.25) is 9.59 Å². The lowest BCUT2D eigenvalue weighted by molar-refractivity contribution is -0.158. The first-order valence-electron chi connectivity index (χ1n) is 13.8. The molecule has 6 nitrogen and oxygen atoms in total. The van der Waals surface area contributed by atoms with Crippen LogP contribution in [0.25, 0.3) is 16.9 Å². The Hall–Kier alpha value is -3.41. The van der Waals surface area contributed by atoms with Gasteiger partial charge in [-0.25, -0.2) is 4.68 Å². The van der Waals surface area contributed by atoms with Gasteiger partial charge >= 0.3 is 0 Å². The Bertz CT molecular complexity index is 1230. The van der Waals surface area contributed by atoms with Crippen LogP contribution in [0, 0.1) is 23.2 Å². The van der Waals surface area contributed by atoms with Gasteiger partial charge in [-0.1, -0.05) is 55.5 Å². The predicted molar refractivity (Wildman–Crippen MR) is 145 cm³/mol. The molecule has 37 heavy (non-hydrogen) atoms. The van der Waals surface area contributed by atoms with E-state index in [1.165, 1.54) is 19.3 Å². The van der Waals surface area contributed by atoms with E-state index >= 15 is 0 Å². The molecule has 1 aromatic heterocycles. The van der Waals surface area contributed by atoms with E-state index in [2.05, 4.69) is 12.2 Å². The number of anilines is 1. The van der Waals surface area contributed by atoms with Crippen LogP contribution in [0.1, 0.15) is 51.9 Å². The Kier molecular flexibility index (Phi) is 6.35. The van der Waals surface area contributed by atoms with Gasteiger partial charge in [0.05, 0.1) is 23.3 Å². The number of carbonyl (C=O) groups is 2. The van der Waals surface area contributed by atoms with Crippen molar-refractivity contribution >= 4 is 17.6 Å². The normalized spacial score (nSPS) is 25.7. The molecule has 0 aliphatic heterocycles. The van der Waals surface area contributed by atoms with Gasteiger partial charge in [0.25, 0.3) is 0 Å². The minimum absolute atomic E-state index is 0.0784. The van der Waals surface area contributed by atoms with Gasteiger partial charge in [0, 0.05) is 18.2 Å². The van der Waals surface area contributed by atoms with Gasteiger partial charge < -0.3 is 10.2 Å². The van der Waals surface area contributed by atoms with Gasteiger partial charge in [-0.15, -0.1) is 0 Å². The van der Waals surface area contributed by atoms with Gasteiger partial charge in [0.15, 0.2) is 0 Å². The number of benzene rings is 2. The maximum atomic E-state index is 14.0. The molecule has 0 unspecified atom stereocenters. The number of hydrogen-bond acceptors (Lipinski definition) is 3. The van der Waals surface area contributed by atoms with Crippen molar-refractivity contribution in [3.8, 4) is 16.9 Å². The molecule has 6 heteroatoms. The van der Waals surface area contributed by atoms with Crippen molar-refractivity contribution < 1.29 is 9.59 Å². The summed E-state index contributed by atoms with van der Waals surface area (Å²) in [5.74, 6) is 2.74. The van der Waals surface area contributed by atoms with E-state index in [9.17, 15) is 9.59 Å². The van der Waals surface area contributed by atoms with Gasteiger partial charge in [-0.05, 0) is 74.8 Å². The first kappa shape index (κ1) is 24.0. The highest BCUT2D eigenvalue weighted by molar-refractivity contribution is 5.95. The molecule has 4 bridgehead atoms. The van der Waals surface area contributed by atoms with Crippen molar-refractivity contribution in [2.45, 2.75) is 51.9 Å². The summed E-state index contributed by atoms with van der Waals surface area (Å²) in [4.78, 5) is 29.2. The van der Waals surface area contributed by atoms with Crippen molar-refractivity contribution in [1.82, 2.24) is 14.7 Å². The summed E-state index contributed by atoms with van der Waals surface area (Å²) in [7, 11) is 0. The molecule has 0 spiro atoms. The fourth-order valence-electron chi connectivity index (χ4n) is 7.57. The van der Waals surface area contributed by atoms with Crippen LogP contribution >= 0.6 is 0 Å². The summed E-state index contributed by atoms with van der Waals surface area (Å²) in [6.45, 7) is 2.77. The quantitative estimate of drug-likeness (QED) is 0.420. The second kappa shape index (κ2) is 9.81. The molecule has 0 atom stereocenters. The number of hydrogen-bond donors (Lipinski definition) is 1. The number of amides is 2. The average molecular weight is 497 g/mol. The number of para-hydroxylation sites is 1.